The highest BCUT2D eigenvalue weighted by Gasteiger charge is 2.30. The lowest BCUT2D eigenvalue weighted by atomic mass is 10.0. The summed E-state index contributed by atoms with van der Waals surface area (Å²) in [7, 11) is 0. The SMILES string of the molecule is FC(F)(F)c1ccc2nc(-c3ccccc3)c(-c3ccccc3)nc2c1. The summed E-state index contributed by atoms with van der Waals surface area (Å²) in [6, 6.07) is 22.3. The predicted octanol–water partition coefficient (Wildman–Crippen LogP) is 5.98. The Morgan fingerprint density at radius 1 is 0.577 bits per heavy atom. The molecule has 0 amide bonds. The fourth-order valence-corrected chi connectivity index (χ4v) is 2.83. The highest BCUT2D eigenvalue weighted by molar-refractivity contribution is 5.86. The first-order valence-corrected chi connectivity index (χ1v) is 8.02. The van der Waals surface area contributed by atoms with Crippen LogP contribution >= 0.6 is 0 Å². The van der Waals surface area contributed by atoms with Gasteiger partial charge in [-0.25, -0.2) is 9.97 Å². The van der Waals surface area contributed by atoms with Gasteiger partial charge in [0.25, 0.3) is 0 Å². The molecule has 1 heterocycles. The Bertz CT molecular complexity index is 1060. The Morgan fingerprint density at radius 2 is 1.08 bits per heavy atom. The number of aromatic nitrogens is 2. The molecule has 4 rings (SSSR count). The summed E-state index contributed by atoms with van der Waals surface area (Å²) in [5.41, 5.74) is 2.78. The van der Waals surface area contributed by atoms with Crippen LogP contribution in [0.2, 0.25) is 0 Å². The molecule has 1 aromatic heterocycles. The molecule has 3 aromatic carbocycles. The van der Waals surface area contributed by atoms with E-state index < -0.39 is 11.7 Å². The van der Waals surface area contributed by atoms with Crippen LogP contribution in [0.4, 0.5) is 13.2 Å². The highest BCUT2D eigenvalue weighted by Crippen LogP contribution is 2.34. The van der Waals surface area contributed by atoms with Gasteiger partial charge in [-0.3, -0.25) is 0 Å². The van der Waals surface area contributed by atoms with Crippen molar-refractivity contribution in [2.75, 3.05) is 0 Å². The van der Waals surface area contributed by atoms with Crippen molar-refractivity contribution < 1.29 is 13.2 Å². The first-order chi connectivity index (χ1) is 12.5. The second-order valence-corrected chi connectivity index (χ2v) is 5.85. The second kappa shape index (κ2) is 6.26. The van der Waals surface area contributed by atoms with Crippen molar-refractivity contribution in [3.8, 4) is 22.5 Å². The van der Waals surface area contributed by atoms with Gasteiger partial charge in [0.1, 0.15) is 0 Å². The van der Waals surface area contributed by atoms with Crippen LogP contribution in [0.3, 0.4) is 0 Å². The van der Waals surface area contributed by atoms with Crippen LogP contribution in [-0.2, 0) is 6.18 Å². The number of benzene rings is 3. The average Bonchev–Trinajstić information content (AvgIpc) is 2.67. The summed E-state index contributed by atoms with van der Waals surface area (Å²) >= 11 is 0. The summed E-state index contributed by atoms with van der Waals surface area (Å²) in [5.74, 6) is 0. The fourth-order valence-electron chi connectivity index (χ4n) is 2.83. The molecule has 0 spiro atoms. The molecule has 26 heavy (non-hydrogen) atoms. The standard InChI is InChI=1S/C21H13F3N2/c22-21(23,24)16-11-12-17-18(13-16)26-20(15-9-5-2-6-10-15)19(25-17)14-7-3-1-4-8-14/h1-13H. The van der Waals surface area contributed by atoms with Crippen LogP contribution in [0.25, 0.3) is 33.5 Å². The first-order valence-electron chi connectivity index (χ1n) is 8.02. The molecule has 4 aromatic rings. The van der Waals surface area contributed by atoms with E-state index in [2.05, 4.69) is 9.97 Å². The topological polar surface area (TPSA) is 25.8 Å². The van der Waals surface area contributed by atoms with Gasteiger partial charge in [-0.1, -0.05) is 60.7 Å². The first kappa shape index (κ1) is 16.3. The van der Waals surface area contributed by atoms with E-state index in [1.54, 1.807) is 0 Å². The monoisotopic (exact) mass is 350 g/mol. The van der Waals surface area contributed by atoms with Crippen LogP contribution in [0.1, 0.15) is 5.56 Å². The van der Waals surface area contributed by atoms with E-state index in [0.29, 0.717) is 16.9 Å². The molecular weight excluding hydrogens is 337 g/mol. The molecule has 0 atom stereocenters. The van der Waals surface area contributed by atoms with Crippen LogP contribution in [0.5, 0.6) is 0 Å². The van der Waals surface area contributed by atoms with Gasteiger partial charge < -0.3 is 0 Å². The molecule has 0 unspecified atom stereocenters. The lowest BCUT2D eigenvalue weighted by molar-refractivity contribution is -0.137. The van der Waals surface area contributed by atoms with E-state index in [1.165, 1.54) is 6.07 Å². The van der Waals surface area contributed by atoms with Crippen molar-refractivity contribution in [2.45, 2.75) is 6.18 Å². The quantitative estimate of drug-likeness (QED) is 0.444. The van der Waals surface area contributed by atoms with E-state index in [-0.39, 0.29) is 5.52 Å². The second-order valence-electron chi connectivity index (χ2n) is 5.85. The molecule has 0 aliphatic carbocycles. The number of hydrogen-bond donors (Lipinski definition) is 0. The lowest BCUT2D eigenvalue weighted by Crippen LogP contribution is -2.05. The molecule has 0 saturated carbocycles. The average molecular weight is 350 g/mol. The van der Waals surface area contributed by atoms with Crippen molar-refractivity contribution in [3.05, 3.63) is 84.4 Å². The summed E-state index contributed by atoms with van der Waals surface area (Å²) in [4.78, 5) is 9.15. The van der Waals surface area contributed by atoms with Crippen LogP contribution < -0.4 is 0 Å². The van der Waals surface area contributed by atoms with Gasteiger partial charge >= 0.3 is 6.18 Å². The molecule has 0 saturated heterocycles. The third kappa shape index (κ3) is 3.04. The Kier molecular flexibility index (Phi) is 3.92. The number of rotatable bonds is 2. The molecule has 0 fully saturated rings. The van der Waals surface area contributed by atoms with E-state index in [1.807, 2.05) is 60.7 Å². The smallest absolute Gasteiger partial charge is 0.244 e. The van der Waals surface area contributed by atoms with Gasteiger partial charge in [-0.15, -0.1) is 0 Å². The minimum atomic E-state index is -4.42. The van der Waals surface area contributed by atoms with Gasteiger partial charge in [-0.2, -0.15) is 13.2 Å². The normalized spacial score (nSPS) is 11.7. The van der Waals surface area contributed by atoms with Crippen LogP contribution in [-0.4, -0.2) is 9.97 Å². The third-order valence-corrected chi connectivity index (χ3v) is 4.09. The Hall–Kier alpha value is -3.21. The zero-order valence-corrected chi connectivity index (χ0v) is 13.5. The molecule has 0 bridgehead atoms. The van der Waals surface area contributed by atoms with Crippen molar-refractivity contribution in [1.82, 2.24) is 9.97 Å². The summed E-state index contributed by atoms with van der Waals surface area (Å²) < 4.78 is 39.1. The summed E-state index contributed by atoms with van der Waals surface area (Å²) in [6.45, 7) is 0. The maximum atomic E-state index is 13.0. The largest absolute Gasteiger partial charge is 0.416 e. The van der Waals surface area contributed by atoms with E-state index in [9.17, 15) is 13.2 Å². The van der Waals surface area contributed by atoms with Gasteiger partial charge in [0.15, 0.2) is 0 Å². The Morgan fingerprint density at radius 3 is 1.58 bits per heavy atom. The Labute approximate surface area is 148 Å². The highest BCUT2D eigenvalue weighted by atomic mass is 19.4. The molecule has 128 valence electrons. The molecule has 5 heteroatoms. The maximum absolute atomic E-state index is 13.0. The van der Waals surface area contributed by atoms with Gasteiger partial charge in [0.2, 0.25) is 0 Å². The van der Waals surface area contributed by atoms with E-state index in [4.69, 9.17) is 0 Å². The zero-order valence-electron chi connectivity index (χ0n) is 13.5. The van der Waals surface area contributed by atoms with Crippen molar-refractivity contribution in [1.29, 1.82) is 0 Å². The van der Waals surface area contributed by atoms with Gasteiger partial charge in [0.05, 0.1) is 28.0 Å². The molecule has 0 N–H and O–H groups in total. The predicted molar refractivity (Wildman–Crippen MR) is 95.4 cm³/mol. The van der Waals surface area contributed by atoms with E-state index >= 15 is 0 Å². The summed E-state index contributed by atoms with van der Waals surface area (Å²) in [6.07, 6.45) is -4.42. The van der Waals surface area contributed by atoms with Gasteiger partial charge in [-0.05, 0) is 18.2 Å². The zero-order chi connectivity index (χ0) is 18.1. The van der Waals surface area contributed by atoms with Crippen LogP contribution in [0, 0.1) is 0 Å². The minimum absolute atomic E-state index is 0.221. The number of hydrogen-bond acceptors (Lipinski definition) is 2. The molecular formula is C21H13F3N2. The minimum Gasteiger partial charge on any atom is -0.244 e. The number of alkyl halides is 3. The van der Waals surface area contributed by atoms with Crippen molar-refractivity contribution in [2.24, 2.45) is 0 Å². The third-order valence-electron chi connectivity index (χ3n) is 4.09. The molecule has 0 aliphatic rings. The summed E-state index contributed by atoms with van der Waals surface area (Å²) in [5, 5.41) is 0. The molecule has 0 radical (unpaired) electrons. The number of halogens is 3. The number of fused-ring (bicyclic) bond motifs is 1. The number of nitrogens with zero attached hydrogens (tertiary/aromatic N) is 2. The molecule has 0 aliphatic heterocycles. The van der Waals surface area contributed by atoms with Crippen molar-refractivity contribution in [3.63, 3.8) is 0 Å². The maximum Gasteiger partial charge on any atom is 0.416 e. The Balaban J connectivity index is 2.00. The van der Waals surface area contributed by atoms with Gasteiger partial charge in [0, 0.05) is 11.1 Å². The lowest BCUT2D eigenvalue weighted by Gasteiger charge is -2.12. The molecule has 2 nitrogen and oxygen atoms in total. The van der Waals surface area contributed by atoms with E-state index in [0.717, 1.165) is 23.3 Å². The van der Waals surface area contributed by atoms with Crippen LogP contribution in [0.15, 0.2) is 78.9 Å². The van der Waals surface area contributed by atoms with Crippen molar-refractivity contribution >= 4 is 11.0 Å². The fraction of sp³-hybridized carbons (Fsp3) is 0.0476.